The largest absolute Gasteiger partial charge is 0.341 e. The molecule has 0 radical (unpaired) electrons. The molecular weight excluding hydrogens is 453 g/mol. The molecule has 1 atom stereocenters. The molecule has 180 valence electrons. The Hall–Kier alpha value is -3.28. The van der Waals surface area contributed by atoms with E-state index in [-0.39, 0.29) is 30.2 Å². The van der Waals surface area contributed by atoms with E-state index < -0.39 is 24.1 Å². The first kappa shape index (κ1) is 22.5. The predicted molar refractivity (Wildman–Crippen MR) is 113 cm³/mol. The molecule has 34 heavy (non-hydrogen) atoms. The molecule has 2 aromatic heterocycles. The number of hydroxylamine groups is 2. The highest BCUT2D eigenvalue weighted by Gasteiger charge is 2.49. The molecule has 2 aromatic rings. The lowest BCUT2D eigenvalue weighted by Gasteiger charge is -2.34. The second-order valence-corrected chi connectivity index (χ2v) is 8.63. The summed E-state index contributed by atoms with van der Waals surface area (Å²) in [6.45, 7) is 1.21. The van der Waals surface area contributed by atoms with Crippen LogP contribution in [0.4, 0.5) is 24.9 Å². The third-order valence-corrected chi connectivity index (χ3v) is 6.47. The third kappa shape index (κ3) is 4.17. The Kier molecular flexibility index (Phi) is 5.84. The van der Waals surface area contributed by atoms with Gasteiger partial charge >= 0.3 is 5.92 Å². The van der Waals surface area contributed by atoms with Gasteiger partial charge in [-0.25, -0.2) is 14.4 Å². The maximum Gasteiger partial charge on any atom is 0.326 e. The number of aromatic nitrogens is 3. The van der Waals surface area contributed by atoms with E-state index in [0.29, 0.717) is 50.5 Å². The second-order valence-electron chi connectivity index (χ2n) is 8.63. The molecule has 3 aliphatic heterocycles. The molecule has 3 aliphatic rings. The van der Waals surface area contributed by atoms with E-state index in [1.54, 1.807) is 0 Å². The third-order valence-electron chi connectivity index (χ3n) is 6.47. The van der Waals surface area contributed by atoms with Crippen molar-refractivity contribution < 1.29 is 27.6 Å². The number of nitrogens with zero attached hydrogens (tertiary/aromatic N) is 6. The summed E-state index contributed by atoms with van der Waals surface area (Å²) in [6.07, 6.45) is 5.14. The van der Waals surface area contributed by atoms with E-state index in [0.717, 1.165) is 11.1 Å². The summed E-state index contributed by atoms with van der Waals surface area (Å²) in [7, 11) is 0. The summed E-state index contributed by atoms with van der Waals surface area (Å²) in [6, 6.07) is 2.41. The molecule has 3 saturated heterocycles. The summed E-state index contributed by atoms with van der Waals surface area (Å²) in [5.41, 5.74) is 0.593. The zero-order chi connectivity index (χ0) is 23.9. The minimum atomic E-state index is -3.37. The molecule has 0 aliphatic carbocycles. The Morgan fingerprint density at radius 2 is 1.94 bits per heavy atom. The summed E-state index contributed by atoms with van der Waals surface area (Å²) >= 11 is 0. The highest BCUT2D eigenvalue weighted by Crippen LogP contribution is 2.35. The molecular formula is C22H23F3N6O3. The van der Waals surface area contributed by atoms with Crippen LogP contribution in [0.1, 0.15) is 37.3 Å². The molecule has 3 fully saturated rings. The van der Waals surface area contributed by atoms with Gasteiger partial charge < -0.3 is 4.90 Å². The lowest BCUT2D eigenvalue weighted by atomic mass is 9.95. The molecule has 12 heteroatoms. The van der Waals surface area contributed by atoms with Crippen LogP contribution in [-0.4, -0.2) is 64.0 Å². The number of carbonyl (C=O) groups is 2. The van der Waals surface area contributed by atoms with Crippen LogP contribution in [0.25, 0.3) is 0 Å². The van der Waals surface area contributed by atoms with Crippen LogP contribution in [0, 0.1) is 11.7 Å². The number of halogens is 3. The Bertz CT molecular complexity index is 1100. The van der Waals surface area contributed by atoms with Crippen LogP contribution in [0.15, 0.2) is 30.7 Å². The maximum absolute atomic E-state index is 13.6. The quantitative estimate of drug-likeness (QED) is 0.670. The van der Waals surface area contributed by atoms with Gasteiger partial charge in [-0.1, -0.05) is 0 Å². The molecule has 0 bridgehead atoms. The monoisotopic (exact) mass is 476 g/mol. The number of pyridine rings is 1. The number of anilines is 2. The van der Waals surface area contributed by atoms with Gasteiger partial charge in [-0.2, -0.15) is 13.8 Å². The van der Waals surface area contributed by atoms with E-state index in [2.05, 4.69) is 15.0 Å². The van der Waals surface area contributed by atoms with Crippen LogP contribution in [-0.2, 0) is 14.4 Å². The average Bonchev–Trinajstić information content (AvgIpc) is 3.43. The van der Waals surface area contributed by atoms with E-state index >= 15 is 0 Å². The first-order chi connectivity index (χ1) is 16.3. The van der Waals surface area contributed by atoms with Crippen molar-refractivity contribution in [2.24, 2.45) is 5.92 Å². The number of hydrogen-bond donors (Lipinski definition) is 0. The summed E-state index contributed by atoms with van der Waals surface area (Å²) < 4.78 is 40.8. The van der Waals surface area contributed by atoms with Crippen LogP contribution >= 0.6 is 0 Å². The number of rotatable bonds is 4. The molecule has 5 rings (SSSR count). The van der Waals surface area contributed by atoms with Crippen LogP contribution in [0.3, 0.4) is 0 Å². The number of hydrogen-bond acceptors (Lipinski definition) is 7. The zero-order valence-electron chi connectivity index (χ0n) is 18.2. The van der Waals surface area contributed by atoms with Crippen molar-refractivity contribution in [3.63, 3.8) is 0 Å². The number of alkyl halides is 2. The minimum Gasteiger partial charge on any atom is -0.341 e. The molecule has 0 unspecified atom stereocenters. The van der Waals surface area contributed by atoms with Crippen LogP contribution in [0.2, 0.25) is 0 Å². The highest BCUT2D eigenvalue weighted by atomic mass is 19.3. The molecule has 0 saturated carbocycles. The maximum atomic E-state index is 13.6. The lowest BCUT2D eigenvalue weighted by molar-refractivity contribution is -0.182. The lowest BCUT2D eigenvalue weighted by Crippen LogP contribution is -2.42. The fourth-order valence-electron chi connectivity index (χ4n) is 4.62. The fourth-order valence-corrected chi connectivity index (χ4v) is 4.62. The number of carbonyl (C=O) groups excluding carboxylic acids is 2. The van der Waals surface area contributed by atoms with Crippen molar-refractivity contribution in [3.05, 3.63) is 42.1 Å². The standard InChI is InChI=1S/C22H23F3N6O3/c23-16-11-15(12-26-13-16)17-4-10-34-31(17)19(32)14-2-7-29(8-3-14)21-27-6-1-18(28-21)30-9-5-22(24,25)20(30)33/h1,6,11-14,17H,2-5,7-10H2/t17-/m0/s1. The normalized spacial score (nSPS) is 23.1. The zero-order valence-corrected chi connectivity index (χ0v) is 18.2. The highest BCUT2D eigenvalue weighted by molar-refractivity contribution is 5.99. The average molecular weight is 476 g/mol. The molecule has 2 amide bonds. The smallest absolute Gasteiger partial charge is 0.326 e. The van der Waals surface area contributed by atoms with Gasteiger partial charge in [0.05, 0.1) is 18.8 Å². The van der Waals surface area contributed by atoms with Crippen molar-refractivity contribution in [2.75, 3.05) is 36.0 Å². The minimum absolute atomic E-state index is 0.100. The Morgan fingerprint density at radius 3 is 2.65 bits per heavy atom. The number of piperidine rings is 1. The molecule has 0 spiro atoms. The Morgan fingerprint density at radius 1 is 1.15 bits per heavy atom. The summed E-state index contributed by atoms with van der Waals surface area (Å²) in [5, 5.41) is 1.34. The van der Waals surface area contributed by atoms with Crippen LogP contribution in [0.5, 0.6) is 0 Å². The van der Waals surface area contributed by atoms with E-state index in [9.17, 15) is 22.8 Å². The van der Waals surface area contributed by atoms with Crippen molar-refractivity contribution in [1.29, 1.82) is 0 Å². The van der Waals surface area contributed by atoms with Gasteiger partial charge in [0.15, 0.2) is 0 Å². The Labute approximate surface area is 193 Å². The molecule has 0 N–H and O–H groups in total. The van der Waals surface area contributed by atoms with Gasteiger partial charge in [-0.15, -0.1) is 0 Å². The summed E-state index contributed by atoms with van der Waals surface area (Å²) in [5.74, 6) is -5.08. The van der Waals surface area contributed by atoms with Gasteiger partial charge in [0.1, 0.15) is 11.6 Å². The van der Waals surface area contributed by atoms with E-state index in [1.807, 2.05) is 4.90 Å². The second kappa shape index (κ2) is 8.82. The predicted octanol–water partition coefficient (Wildman–Crippen LogP) is 2.50. The summed E-state index contributed by atoms with van der Waals surface area (Å²) in [4.78, 5) is 45.9. The van der Waals surface area contributed by atoms with Gasteiger partial charge in [-0.05, 0) is 30.5 Å². The van der Waals surface area contributed by atoms with Crippen molar-refractivity contribution in [3.8, 4) is 0 Å². The van der Waals surface area contributed by atoms with Crippen LogP contribution < -0.4 is 9.80 Å². The fraction of sp³-hybridized carbons (Fsp3) is 0.500. The number of amides is 2. The van der Waals surface area contributed by atoms with Gasteiger partial charge in [0, 0.05) is 50.8 Å². The first-order valence-electron chi connectivity index (χ1n) is 11.2. The van der Waals surface area contributed by atoms with Gasteiger partial charge in [-0.3, -0.25) is 24.3 Å². The van der Waals surface area contributed by atoms with E-state index in [1.165, 1.54) is 29.6 Å². The van der Waals surface area contributed by atoms with Crippen molar-refractivity contribution >= 4 is 23.6 Å². The van der Waals surface area contributed by atoms with Crippen molar-refractivity contribution in [1.82, 2.24) is 20.0 Å². The van der Waals surface area contributed by atoms with Gasteiger partial charge in [0.2, 0.25) is 11.9 Å². The molecule has 9 nitrogen and oxygen atoms in total. The Balaban J connectivity index is 1.23. The molecule has 5 heterocycles. The van der Waals surface area contributed by atoms with Crippen molar-refractivity contribution in [2.45, 2.75) is 37.6 Å². The van der Waals surface area contributed by atoms with E-state index in [4.69, 9.17) is 4.84 Å². The molecule has 0 aromatic carbocycles. The SMILES string of the molecule is O=C(C1CCN(c2nccc(N3CCC(F)(F)C3=O)n2)CC1)N1OCC[C@H]1c1cncc(F)c1. The first-order valence-corrected chi connectivity index (χ1v) is 11.2. The van der Waals surface area contributed by atoms with Gasteiger partial charge in [0.25, 0.3) is 5.91 Å². The topological polar surface area (TPSA) is 91.8 Å².